The summed E-state index contributed by atoms with van der Waals surface area (Å²) in [6.45, 7) is 1.51. The van der Waals surface area contributed by atoms with Crippen LogP contribution in [0.4, 0.5) is 4.39 Å². The second-order valence-electron chi connectivity index (χ2n) is 7.81. The van der Waals surface area contributed by atoms with Crippen LogP contribution in [0, 0.1) is 5.82 Å². The largest absolute Gasteiger partial charge is 0.376 e. The van der Waals surface area contributed by atoms with E-state index in [-0.39, 0.29) is 23.7 Å². The number of rotatable bonds is 7. The lowest BCUT2D eigenvalue weighted by atomic mass is 10.2. The van der Waals surface area contributed by atoms with Crippen molar-refractivity contribution >= 4 is 17.2 Å². The summed E-state index contributed by atoms with van der Waals surface area (Å²) in [5.74, 6) is -0.131. The van der Waals surface area contributed by atoms with Gasteiger partial charge in [0.15, 0.2) is 5.82 Å². The molecule has 1 aliphatic rings. The van der Waals surface area contributed by atoms with Gasteiger partial charge >= 0.3 is 0 Å². The van der Waals surface area contributed by atoms with Crippen LogP contribution in [0.15, 0.2) is 66.3 Å². The maximum absolute atomic E-state index is 13.9. The first-order valence-electron chi connectivity index (χ1n) is 10.7. The fraction of sp³-hybridized carbons (Fsp3) is 0.250. The number of carbonyl (C=O) groups excluding carboxylic acids is 1. The van der Waals surface area contributed by atoms with Gasteiger partial charge in [-0.3, -0.25) is 9.78 Å². The summed E-state index contributed by atoms with van der Waals surface area (Å²) in [7, 11) is 0. The highest BCUT2D eigenvalue weighted by molar-refractivity contribution is 7.13. The standard InChI is InChI=1S/C24H22FN5O2S/c25-18-6-1-7-19(13-18)30-23(21-9-4-12-33-21)27-22(28-30)24(31)29(16-20-8-3-11-32-20)15-17-5-2-10-26-14-17/h1-2,4-7,9-10,12-14,20H,3,8,11,15-16H2. The summed E-state index contributed by atoms with van der Waals surface area (Å²) in [4.78, 5) is 24.9. The van der Waals surface area contributed by atoms with Gasteiger partial charge in [-0.2, -0.15) is 0 Å². The van der Waals surface area contributed by atoms with Crippen molar-refractivity contribution in [3.8, 4) is 16.4 Å². The number of benzene rings is 1. The van der Waals surface area contributed by atoms with Gasteiger partial charge in [0.1, 0.15) is 5.82 Å². The molecule has 1 aliphatic heterocycles. The van der Waals surface area contributed by atoms with Gasteiger partial charge in [-0.15, -0.1) is 16.4 Å². The van der Waals surface area contributed by atoms with Crippen LogP contribution >= 0.6 is 11.3 Å². The van der Waals surface area contributed by atoms with E-state index in [0.717, 1.165) is 23.3 Å². The Bertz CT molecular complexity index is 1220. The molecule has 4 aromatic rings. The predicted octanol–water partition coefficient (Wildman–Crippen LogP) is 4.35. The molecule has 1 saturated heterocycles. The maximum Gasteiger partial charge on any atom is 0.293 e. The second kappa shape index (κ2) is 9.60. The van der Waals surface area contributed by atoms with Crippen LogP contribution in [0.3, 0.4) is 0 Å². The molecule has 0 saturated carbocycles. The van der Waals surface area contributed by atoms with Crippen molar-refractivity contribution in [2.45, 2.75) is 25.5 Å². The van der Waals surface area contributed by atoms with Crippen molar-refractivity contribution in [1.82, 2.24) is 24.6 Å². The highest BCUT2D eigenvalue weighted by Crippen LogP contribution is 2.26. The van der Waals surface area contributed by atoms with Gasteiger partial charge in [-0.1, -0.05) is 18.2 Å². The average molecular weight is 464 g/mol. The molecule has 33 heavy (non-hydrogen) atoms. The van der Waals surface area contributed by atoms with Crippen LogP contribution in [-0.2, 0) is 11.3 Å². The summed E-state index contributed by atoms with van der Waals surface area (Å²) in [6.07, 6.45) is 5.31. The van der Waals surface area contributed by atoms with Crippen molar-refractivity contribution in [3.63, 3.8) is 0 Å². The fourth-order valence-electron chi connectivity index (χ4n) is 3.86. The summed E-state index contributed by atoms with van der Waals surface area (Å²) in [5.41, 5.74) is 1.41. The third-order valence-electron chi connectivity index (χ3n) is 5.42. The van der Waals surface area contributed by atoms with E-state index in [4.69, 9.17) is 4.74 Å². The number of thiophene rings is 1. The SMILES string of the molecule is O=C(c1nc(-c2cccs2)n(-c2cccc(F)c2)n1)N(Cc1cccnc1)CC1CCCO1. The van der Waals surface area contributed by atoms with Gasteiger partial charge < -0.3 is 9.64 Å². The van der Waals surface area contributed by atoms with Crippen LogP contribution in [0.1, 0.15) is 29.0 Å². The summed E-state index contributed by atoms with van der Waals surface area (Å²) in [6, 6.07) is 13.7. The molecule has 9 heteroatoms. The quantitative estimate of drug-likeness (QED) is 0.407. The molecule has 7 nitrogen and oxygen atoms in total. The molecule has 1 unspecified atom stereocenters. The molecule has 0 aliphatic carbocycles. The third kappa shape index (κ3) is 4.84. The lowest BCUT2D eigenvalue weighted by Crippen LogP contribution is -2.37. The number of halogens is 1. The molecule has 0 bridgehead atoms. The molecule has 1 atom stereocenters. The lowest BCUT2D eigenvalue weighted by Gasteiger charge is -2.24. The normalized spacial score (nSPS) is 15.6. The molecular formula is C24H22FN5O2S. The Kier molecular flexibility index (Phi) is 6.23. The summed E-state index contributed by atoms with van der Waals surface area (Å²) in [5, 5.41) is 6.44. The van der Waals surface area contributed by atoms with Crippen molar-refractivity contribution in [2.75, 3.05) is 13.2 Å². The zero-order valence-corrected chi connectivity index (χ0v) is 18.6. The van der Waals surface area contributed by atoms with E-state index in [2.05, 4.69) is 15.1 Å². The lowest BCUT2D eigenvalue weighted by molar-refractivity contribution is 0.0498. The zero-order valence-electron chi connectivity index (χ0n) is 17.8. The number of nitrogens with zero attached hydrogens (tertiary/aromatic N) is 5. The summed E-state index contributed by atoms with van der Waals surface area (Å²) < 4.78 is 21.2. The molecule has 0 N–H and O–H groups in total. The van der Waals surface area contributed by atoms with Gasteiger partial charge in [0, 0.05) is 32.1 Å². The van der Waals surface area contributed by atoms with Crippen molar-refractivity contribution in [2.24, 2.45) is 0 Å². The number of pyridine rings is 1. The van der Waals surface area contributed by atoms with Gasteiger partial charge in [-0.05, 0) is 54.1 Å². The molecule has 1 amide bonds. The topological polar surface area (TPSA) is 73.1 Å². The smallest absolute Gasteiger partial charge is 0.293 e. The van der Waals surface area contributed by atoms with E-state index in [0.29, 0.717) is 31.2 Å². The van der Waals surface area contributed by atoms with E-state index < -0.39 is 0 Å². The fourth-order valence-corrected chi connectivity index (χ4v) is 4.56. The molecule has 5 rings (SSSR count). The Hall–Kier alpha value is -3.43. The van der Waals surface area contributed by atoms with E-state index in [1.807, 2.05) is 29.6 Å². The Morgan fingerprint density at radius 3 is 2.91 bits per heavy atom. The minimum absolute atomic E-state index is 0.0207. The number of hydrogen-bond donors (Lipinski definition) is 0. The first-order chi connectivity index (χ1) is 16.2. The van der Waals surface area contributed by atoms with Gasteiger partial charge in [-0.25, -0.2) is 14.1 Å². The van der Waals surface area contributed by atoms with Crippen molar-refractivity contribution < 1.29 is 13.9 Å². The van der Waals surface area contributed by atoms with E-state index >= 15 is 0 Å². The first kappa shape index (κ1) is 21.4. The Balaban J connectivity index is 1.51. The second-order valence-corrected chi connectivity index (χ2v) is 8.76. The molecule has 0 radical (unpaired) electrons. The Morgan fingerprint density at radius 2 is 2.18 bits per heavy atom. The molecule has 168 valence electrons. The van der Waals surface area contributed by atoms with Crippen LogP contribution in [0.5, 0.6) is 0 Å². The van der Waals surface area contributed by atoms with E-state index in [1.165, 1.54) is 28.2 Å². The third-order valence-corrected chi connectivity index (χ3v) is 6.29. The Morgan fingerprint density at radius 1 is 1.24 bits per heavy atom. The summed E-state index contributed by atoms with van der Waals surface area (Å²) >= 11 is 1.48. The van der Waals surface area contributed by atoms with E-state index in [1.54, 1.807) is 29.4 Å². The number of ether oxygens (including phenoxy) is 1. The number of aromatic nitrogens is 4. The first-order valence-corrected chi connectivity index (χ1v) is 11.6. The van der Waals surface area contributed by atoms with Gasteiger partial charge in [0.25, 0.3) is 5.91 Å². The number of hydrogen-bond acceptors (Lipinski definition) is 6. The predicted molar refractivity (Wildman–Crippen MR) is 123 cm³/mol. The minimum atomic E-state index is -0.385. The molecule has 4 heterocycles. The zero-order chi connectivity index (χ0) is 22.6. The van der Waals surface area contributed by atoms with Crippen LogP contribution < -0.4 is 0 Å². The van der Waals surface area contributed by atoms with Gasteiger partial charge in [0.05, 0.1) is 16.7 Å². The minimum Gasteiger partial charge on any atom is -0.376 e. The Labute approximate surface area is 194 Å². The van der Waals surface area contributed by atoms with Gasteiger partial charge in [0.2, 0.25) is 5.82 Å². The molecular weight excluding hydrogens is 441 g/mol. The van der Waals surface area contributed by atoms with Crippen molar-refractivity contribution in [1.29, 1.82) is 0 Å². The highest BCUT2D eigenvalue weighted by atomic mass is 32.1. The number of carbonyl (C=O) groups is 1. The van der Waals surface area contributed by atoms with Crippen LogP contribution in [-0.4, -0.2) is 49.8 Å². The maximum atomic E-state index is 13.9. The molecule has 0 spiro atoms. The molecule has 1 fully saturated rings. The number of amides is 1. The molecule has 1 aromatic carbocycles. The monoisotopic (exact) mass is 463 g/mol. The average Bonchev–Trinajstić information content (AvgIpc) is 3.60. The van der Waals surface area contributed by atoms with Crippen LogP contribution in [0.2, 0.25) is 0 Å². The van der Waals surface area contributed by atoms with Crippen LogP contribution in [0.25, 0.3) is 16.4 Å². The molecule has 3 aromatic heterocycles. The van der Waals surface area contributed by atoms with E-state index in [9.17, 15) is 9.18 Å². The highest BCUT2D eigenvalue weighted by Gasteiger charge is 2.28. The van der Waals surface area contributed by atoms with Crippen molar-refractivity contribution in [3.05, 3.63) is 83.5 Å².